The molecule has 0 aromatic heterocycles. The van der Waals surface area contributed by atoms with Crippen molar-refractivity contribution < 1.29 is 14.6 Å². The molecule has 158 valence electrons. The van der Waals surface area contributed by atoms with Gasteiger partial charge in [-0.15, -0.1) is 0 Å². The molecule has 2 bridgehead atoms. The molecule has 5 heteroatoms. The van der Waals surface area contributed by atoms with Gasteiger partial charge in [0.15, 0.2) is 11.5 Å². The number of nitrogens with zero attached hydrogens (tertiary/aromatic N) is 1. The molecule has 1 unspecified atom stereocenters. The van der Waals surface area contributed by atoms with E-state index in [1.807, 2.05) is 6.07 Å². The predicted molar refractivity (Wildman–Crippen MR) is 115 cm³/mol. The van der Waals surface area contributed by atoms with Crippen molar-refractivity contribution in [1.29, 1.82) is 0 Å². The van der Waals surface area contributed by atoms with Gasteiger partial charge >= 0.3 is 0 Å². The van der Waals surface area contributed by atoms with E-state index in [4.69, 9.17) is 9.47 Å². The molecule has 4 aliphatic rings. The third-order valence-corrected chi connectivity index (χ3v) is 8.30. The van der Waals surface area contributed by atoms with E-state index in [1.165, 1.54) is 16.7 Å². The van der Waals surface area contributed by atoms with Gasteiger partial charge in [-0.05, 0) is 56.5 Å². The van der Waals surface area contributed by atoms with Crippen LogP contribution in [0.1, 0.15) is 36.0 Å². The minimum Gasteiger partial charge on any atom is -0.493 e. The Morgan fingerprint density at radius 2 is 2.03 bits per heavy atom. The average molecular weight is 407 g/mol. The van der Waals surface area contributed by atoms with Gasteiger partial charge in [-0.1, -0.05) is 36.4 Å². The van der Waals surface area contributed by atoms with Crippen LogP contribution in [0.25, 0.3) is 0 Å². The number of benzene rings is 2. The normalized spacial score (nSPS) is 35.7. The number of hydrogen-bond acceptors (Lipinski definition) is 5. The van der Waals surface area contributed by atoms with Crippen LogP contribution in [-0.4, -0.2) is 54.5 Å². The summed E-state index contributed by atoms with van der Waals surface area (Å²) in [5.41, 5.74) is 2.70. The van der Waals surface area contributed by atoms with Gasteiger partial charge in [0.2, 0.25) is 0 Å². The van der Waals surface area contributed by atoms with Gasteiger partial charge in [-0.25, -0.2) is 0 Å². The van der Waals surface area contributed by atoms with E-state index >= 15 is 0 Å². The summed E-state index contributed by atoms with van der Waals surface area (Å²) < 4.78 is 12.5. The Balaban J connectivity index is 1.46. The Kier molecular flexibility index (Phi) is 4.02. The predicted octanol–water partition coefficient (Wildman–Crippen LogP) is 2.64. The van der Waals surface area contributed by atoms with Crippen molar-refractivity contribution in [3.05, 3.63) is 59.2 Å². The fraction of sp³-hybridized carbons (Fsp3) is 0.520. The summed E-state index contributed by atoms with van der Waals surface area (Å²) in [6, 6.07) is 15.2. The fourth-order valence-electron chi connectivity index (χ4n) is 7.01. The molecular weight excluding hydrogens is 376 g/mol. The second-order valence-corrected chi connectivity index (χ2v) is 9.53. The van der Waals surface area contributed by atoms with Crippen LogP contribution in [0.5, 0.6) is 11.5 Å². The lowest BCUT2D eigenvalue weighted by molar-refractivity contribution is -0.169. The van der Waals surface area contributed by atoms with Gasteiger partial charge in [-0.2, -0.15) is 0 Å². The summed E-state index contributed by atoms with van der Waals surface area (Å²) in [7, 11) is 3.91. The average Bonchev–Trinajstić information content (AvgIpc) is 3.09. The van der Waals surface area contributed by atoms with Crippen LogP contribution in [0, 0.1) is 0 Å². The lowest BCUT2D eigenvalue weighted by atomic mass is 9.48. The number of likely N-dealkylation sites (N-methyl/N-ethyl adjacent to an activating group) is 1. The molecule has 2 aliphatic carbocycles. The molecule has 2 fully saturated rings. The number of nitrogens with one attached hydrogen (secondary N) is 1. The van der Waals surface area contributed by atoms with E-state index in [0.29, 0.717) is 0 Å². The molecule has 30 heavy (non-hydrogen) atoms. The monoisotopic (exact) mass is 406 g/mol. The third kappa shape index (κ3) is 2.23. The molecule has 1 spiro atoms. The van der Waals surface area contributed by atoms with Gasteiger partial charge < -0.3 is 19.9 Å². The first-order chi connectivity index (χ1) is 14.6. The number of aliphatic hydroxyl groups is 1. The lowest BCUT2D eigenvalue weighted by Crippen LogP contribution is -2.77. The van der Waals surface area contributed by atoms with Crippen LogP contribution in [0.15, 0.2) is 42.5 Å². The van der Waals surface area contributed by atoms with E-state index in [9.17, 15) is 5.11 Å². The van der Waals surface area contributed by atoms with Gasteiger partial charge in [0.25, 0.3) is 0 Å². The molecule has 1 saturated carbocycles. The molecule has 2 aromatic carbocycles. The van der Waals surface area contributed by atoms with E-state index in [-0.39, 0.29) is 23.6 Å². The number of hydrogen-bond donors (Lipinski definition) is 2. The topological polar surface area (TPSA) is 54.0 Å². The summed E-state index contributed by atoms with van der Waals surface area (Å²) in [4.78, 5) is 2.43. The molecule has 2 N–H and O–H groups in total. The molecule has 5 nitrogen and oxygen atoms in total. The number of piperidine rings is 1. The van der Waals surface area contributed by atoms with Crippen LogP contribution in [0.2, 0.25) is 0 Å². The number of ether oxygens (including phenoxy) is 2. The minimum absolute atomic E-state index is 0.0695. The Hall–Kier alpha value is -2.08. The first-order valence-corrected chi connectivity index (χ1v) is 11.2. The summed E-state index contributed by atoms with van der Waals surface area (Å²) in [6.45, 7) is 1.79. The first kappa shape index (κ1) is 18.7. The number of rotatable bonds is 4. The highest BCUT2D eigenvalue weighted by molar-refractivity contribution is 5.63. The van der Waals surface area contributed by atoms with Crippen LogP contribution >= 0.6 is 0 Å². The zero-order valence-corrected chi connectivity index (χ0v) is 17.7. The lowest BCUT2D eigenvalue weighted by Gasteiger charge is -2.62. The van der Waals surface area contributed by atoms with E-state index in [0.717, 1.165) is 50.3 Å². The van der Waals surface area contributed by atoms with Crippen molar-refractivity contribution in [2.75, 3.05) is 20.7 Å². The molecule has 6 rings (SSSR count). The second-order valence-electron chi connectivity index (χ2n) is 9.53. The maximum Gasteiger partial charge on any atom is 0.165 e. The van der Waals surface area contributed by atoms with Crippen molar-refractivity contribution in [1.82, 2.24) is 10.2 Å². The minimum atomic E-state index is -0.773. The van der Waals surface area contributed by atoms with Gasteiger partial charge in [0.05, 0.1) is 18.1 Å². The van der Waals surface area contributed by atoms with E-state index in [2.05, 4.69) is 53.7 Å². The maximum atomic E-state index is 12.2. The zero-order chi connectivity index (χ0) is 20.5. The highest BCUT2D eigenvalue weighted by atomic mass is 16.5. The van der Waals surface area contributed by atoms with Gasteiger partial charge in [0, 0.05) is 24.2 Å². The second kappa shape index (κ2) is 6.46. The van der Waals surface area contributed by atoms with Crippen molar-refractivity contribution >= 4 is 0 Å². The molecule has 2 heterocycles. The van der Waals surface area contributed by atoms with Crippen LogP contribution in [0.3, 0.4) is 0 Å². The molecule has 0 radical (unpaired) electrons. The van der Waals surface area contributed by atoms with Crippen molar-refractivity contribution in [3.63, 3.8) is 0 Å². The summed E-state index contributed by atoms with van der Waals surface area (Å²) in [6.07, 6.45) is 3.40. The highest BCUT2D eigenvalue weighted by Crippen LogP contribution is 2.64. The van der Waals surface area contributed by atoms with Crippen molar-refractivity contribution in [3.8, 4) is 11.5 Å². The molecule has 1 saturated heterocycles. The Morgan fingerprint density at radius 1 is 1.20 bits per heavy atom. The Morgan fingerprint density at radius 3 is 2.83 bits per heavy atom. The third-order valence-electron chi connectivity index (χ3n) is 8.30. The summed E-state index contributed by atoms with van der Waals surface area (Å²) in [5.74, 6) is 1.67. The quantitative estimate of drug-likeness (QED) is 0.818. The molecular formula is C25H30N2O3. The maximum absolute atomic E-state index is 12.2. The molecule has 2 aliphatic heterocycles. The van der Waals surface area contributed by atoms with Crippen molar-refractivity contribution in [2.45, 2.75) is 61.4 Å². The van der Waals surface area contributed by atoms with E-state index < -0.39 is 5.60 Å². The SMILES string of the molecule is COc1ccc2c3c1O[C@H]1[C@H](N(C)Cc4ccccc4)CCC4(O)[C@@H](C2)NCC[C@]314. The Labute approximate surface area is 178 Å². The number of methoxy groups -OCH3 is 1. The van der Waals surface area contributed by atoms with Crippen LogP contribution < -0.4 is 14.8 Å². The molecule has 5 atom stereocenters. The van der Waals surface area contributed by atoms with Gasteiger partial charge in [0.1, 0.15) is 6.10 Å². The van der Waals surface area contributed by atoms with Gasteiger partial charge in [-0.3, -0.25) is 4.90 Å². The smallest absolute Gasteiger partial charge is 0.165 e. The van der Waals surface area contributed by atoms with E-state index in [1.54, 1.807) is 7.11 Å². The Bertz CT molecular complexity index is 980. The zero-order valence-electron chi connectivity index (χ0n) is 17.7. The molecule has 2 aromatic rings. The fourth-order valence-corrected chi connectivity index (χ4v) is 7.01. The largest absolute Gasteiger partial charge is 0.493 e. The van der Waals surface area contributed by atoms with Crippen molar-refractivity contribution in [2.24, 2.45) is 0 Å². The van der Waals surface area contributed by atoms with Crippen LogP contribution in [0.4, 0.5) is 0 Å². The highest BCUT2D eigenvalue weighted by Gasteiger charge is 2.72. The molecule has 0 amide bonds. The van der Waals surface area contributed by atoms with Crippen LogP contribution in [-0.2, 0) is 18.4 Å². The first-order valence-electron chi connectivity index (χ1n) is 11.2. The summed E-state index contributed by atoms with van der Waals surface area (Å²) >= 11 is 0. The standard InChI is InChI=1S/C25H30N2O3/c1-27(15-16-6-4-3-5-7-16)18-10-11-25(28)20-14-17-8-9-19(29-2)22-21(17)24(25,12-13-26-20)23(18)30-22/h3-9,18,20,23,26,28H,10-15H2,1-2H3/t18-,20-,23+,24+,25?/m1/s1. The summed E-state index contributed by atoms with van der Waals surface area (Å²) in [5, 5.41) is 15.8.